The third-order valence-electron chi connectivity index (χ3n) is 5.56. The summed E-state index contributed by atoms with van der Waals surface area (Å²) in [5.41, 5.74) is 1.26. The number of nitrogens with zero attached hydrogens (tertiary/aromatic N) is 2. The number of likely N-dealkylation sites (N-methyl/N-ethyl adjacent to an activating group) is 1. The Morgan fingerprint density at radius 3 is 2.75 bits per heavy atom. The maximum absolute atomic E-state index is 12.3. The van der Waals surface area contributed by atoms with E-state index in [4.69, 9.17) is 0 Å². The molecule has 3 rings (SSSR count). The van der Waals surface area contributed by atoms with E-state index in [-0.39, 0.29) is 23.9 Å². The first kappa shape index (κ1) is 17.4. The van der Waals surface area contributed by atoms with Crippen LogP contribution in [0.2, 0.25) is 0 Å². The van der Waals surface area contributed by atoms with Gasteiger partial charge < -0.3 is 15.1 Å². The highest BCUT2D eigenvalue weighted by atomic mass is 32.1. The van der Waals surface area contributed by atoms with Gasteiger partial charge in [-0.05, 0) is 54.5 Å². The molecule has 2 heterocycles. The van der Waals surface area contributed by atoms with Crippen LogP contribution in [0, 0.1) is 0 Å². The van der Waals surface area contributed by atoms with Crippen molar-refractivity contribution >= 4 is 23.2 Å². The number of hydrogen-bond donors (Lipinski definition) is 1. The molecule has 2 fully saturated rings. The molecule has 132 valence electrons. The lowest BCUT2D eigenvalue weighted by atomic mass is 9.77. The quantitative estimate of drug-likeness (QED) is 0.887. The fourth-order valence-corrected chi connectivity index (χ4v) is 4.61. The largest absolute Gasteiger partial charge is 0.347 e. The maximum atomic E-state index is 12.3. The summed E-state index contributed by atoms with van der Waals surface area (Å²) in [6, 6.07) is 2.67. The molecular weight excluding hydrogens is 322 g/mol. The Morgan fingerprint density at radius 1 is 1.38 bits per heavy atom. The minimum absolute atomic E-state index is 0.0160. The molecule has 0 unspecified atom stereocenters. The molecule has 1 saturated heterocycles. The minimum atomic E-state index is -0.0800. The monoisotopic (exact) mass is 349 g/mol. The summed E-state index contributed by atoms with van der Waals surface area (Å²) >= 11 is 1.73. The summed E-state index contributed by atoms with van der Waals surface area (Å²) in [4.78, 5) is 27.9. The number of hydrogen-bond acceptors (Lipinski definition) is 4. The third-order valence-corrected chi connectivity index (χ3v) is 6.29. The number of thiophene rings is 1. The van der Waals surface area contributed by atoms with E-state index in [0.29, 0.717) is 12.5 Å². The van der Waals surface area contributed by atoms with Gasteiger partial charge in [0.05, 0.1) is 0 Å². The van der Waals surface area contributed by atoms with E-state index in [1.165, 1.54) is 5.56 Å². The van der Waals surface area contributed by atoms with Crippen molar-refractivity contribution < 1.29 is 9.59 Å². The highest BCUT2D eigenvalue weighted by Crippen LogP contribution is 2.42. The molecule has 0 bridgehead atoms. The average molecular weight is 350 g/mol. The summed E-state index contributed by atoms with van der Waals surface area (Å²) in [5.74, 6) is 0.164. The van der Waals surface area contributed by atoms with Crippen LogP contribution in [0.3, 0.4) is 0 Å². The highest BCUT2D eigenvalue weighted by molar-refractivity contribution is 7.07. The van der Waals surface area contributed by atoms with Crippen molar-refractivity contribution in [1.29, 1.82) is 0 Å². The molecule has 1 spiro atoms. The van der Waals surface area contributed by atoms with Crippen molar-refractivity contribution in [3.63, 3.8) is 0 Å². The highest BCUT2D eigenvalue weighted by Gasteiger charge is 2.47. The summed E-state index contributed by atoms with van der Waals surface area (Å²) in [7, 11) is 3.50. The van der Waals surface area contributed by atoms with Crippen molar-refractivity contribution in [3.8, 4) is 0 Å². The zero-order chi connectivity index (χ0) is 17.2. The Balaban J connectivity index is 1.56. The van der Waals surface area contributed by atoms with Gasteiger partial charge in [-0.15, -0.1) is 0 Å². The maximum Gasteiger partial charge on any atom is 0.241 e. The molecule has 1 N–H and O–H groups in total. The molecule has 0 radical (unpaired) electrons. The van der Waals surface area contributed by atoms with Crippen molar-refractivity contribution in [1.82, 2.24) is 15.1 Å². The first-order chi connectivity index (χ1) is 11.5. The first-order valence-corrected chi connectivity index (χ1v) is 9.69. The summed E-state index contributed by atoms with van der Waals surface area (Å²) in [6.45, 7) is 1.15. The van der Waals surface area contributed by atoms with Gasteiger partial charge in [0.15, 0.2) is 0 Å². The van der Waals surface area contributed by atoms with Crippen molar-refractivity contribution in [2.24, 2.45) is 0 Å². The van der Waals surface area contributed by atoms with Crippen LogP contribution in [0.1, 0.15) is 44.1 Å². The van der Waals surface area contributed by atoms with E-state index in [9.17, 15) is 9.59 Å². The lowest BCUT2D eigenvalue weighted by Gasteiger charge is -2.44. The molecule has 6 heteroatoms. The number of rotatable bonds is 5. The molecule has 1 aliphatic carbocycles. The van der Waals surface area contributed by atoms with Crippen molar-refractivity contribution in [2.45, 2.75) is 56.7 Å². The van der Waals surface area contributed by atoms with E-state index in [0.717, 1.165) is 38.6 Å². The van der Waals surface area contributed by atoms with Gasteiger partial charge in [-0.25, -0.2) is 0 Å². The molecule has 1 aromatic heterocycles. The van der Waals surface area contributed by atoms with E-state index < -0.39 is 0 Å². The van der Waals surface area contributed by atoms with Crippen LogP contribution in [-0.2, 0) is 16.1 Å². The Bertz CT molecular complexity index is 577. The van der Waals surface area contributed by atoms with Crippen LogP contribution in [0.25, 0.3) is 0 Å². The molecule has 0 atom stereocenters. The van der Waals surface area contributed by atoms with Crippen LogP contribution in [-0.4, -0.2) is 53.8 Å². The van der Waals surface area contributed by atoms with Gasteiger partial charge >= 0.3 is 0 Å². The van der Waals surface area contributed by atoms with Gasteiger partial charge in [-0.2, -0.15) is 11.3 Å². The molecule has 1 saturated carbocycles. The van der Waals surface area contributed by atoms with E-state index in [1.807, 2.05) is 4.90 Å². The topological polar surface area (TPSA) is 52.7 Å². The number of amides is 2. The summed E-state index contributed by atoms with van der Waals surface area (Å²) in [6.07, 6.45) is 5.65. The smallest absolute Gasteiger partial charge is 0.241 e. The second kappa shape index (κ2) is 7.23. The second-order valence-corrected chi connectivity index (χ2v) is 8.06. The number of carbonyl (C=O) groups excluding carboxylic acids is 2. The zero-order valence-corrected chi connectivity index (χ0v) is 15.4. The van der Waals surface area contributed by atoms with E-state index in [2.05, 4.69) is 22.1 Å². The van der Waals surface area contributed by atoms with E-state index >= 15 is 0 Å². The van der Waals surface area contributed by atoms with Crippen LogP contribution < -0.4 is 5.32 Å². The number of nitrogens with one attached hydrogen (secondary N) is 1. The van der Waals surface area contributed by atoms with Gasteiger partial charge in [0.2, 0.25) is 11.8 Å². The summed E-state index contributed by atoms with van der Waals surface area (Å²) < 4.78 is 0. The zero-order valence-electron chi connectivity index (χ0n) is 14.6. The fourth-order valence-electron chi connectivity index (χ4n) is 3.94. The number of carbonyl (C=O) groups is 2. The van der Waals surface area contributed by atoms with Crippen LogP contribution in [0.5, 0.6) is 0 Å². The van der Waals surface area contributed by atoms with Crippen LogP contribution in [0.4, 0.5) is 0 Å². The second-order valence-electron chi connectivity index (χ2n) is 7.28. The molecule has 24 heavy (non-hydrogen) atoms. The number of likely N-dealkylation sites (tertiary alicyclic amines) is 1. The van der Waals surface area contributed by atoms with E-state index in [1.54, 1.807) is 30.3 Å². The standard InChI is InChI=1S/C18H27N3O2S/c1-20(2)17(23)12-21-16(22)5-9-18(21)7-3-15(4-8-18)19-11-14-6-10-24-13-14/h6,10,13,15,19H,3-5,7-9,11-12H2,1-2H3. The lowest BCUT2D eigenvalue weighted by molar-refractivity contribution is -0.141. The Hall–Kier alpha value is -1.40. The van der Waals surface area contributed by atoms with Gasteiger partial charge in [0, 0.05) is 38.6 Å². The molecule has 2 amide bonds. The van der Waals surface area contributed by atoms with Crippen LogP contribution in [0.15, 0.2) is 16.8 Å². The summed E-state index contributed by atoms with van der Waals surface area (Å²) in [5, 5.41) is 7.93. The molecule has 1 aliphatic heterocycles. The molecule has 5 nitrogen and oxygen atoms in total. The molecule has 0 aromatic carbocycles. The molecule has 1 aromatic rings. The van der Waals surface area contributed by atoms with Gasteiger partial charge in [0.25, 0.3) is 0 Å². The van der Waals surface area contributed by atoms with Crippen molar-refractivity contribution in [3.05, 3.63) is 22.4 Å². The normalized spacial score (nSPS) is 27.0. The van der Waals surface area contributed by atoms with Crippen molar-refractivity contribution in [2.75, 3.05) is 20.6 Å². The first-order valence-electron chi connectivity index (χ1n) is 8.75. The van der Waals surface area contributed by atoms with Gasteiger partial charge in [0.1, 0.15) is 6.54 Å². The fraction of sp³-hybridized carbons (Fsp3) is 0.667. The molecular formula is C18H27N3O2S. The predicted octanol–water partition coefficient (Wildman–Crippen LogP) is 2.23. The van der Waals surface area contributed by atoms with Gasteiger partial charge in [-0.3, -0.25) is 9.59 Å². The van der Waals surface area contributed by atoms with Gasteiger partial charge in [-0.1, -0.05) is 0 Å². The Morgan fingerprint density at radius 2 is 2.12 bits per heavy atom. The Kier molecular flexibility index (Phi) is 5.25. The SMILES string of the molecule is CN(C)C(=O)CN1C(=O)CCC12CCC(NCc1ccsc1)CC2. The third kappa shape index (κ3) is 3.64. The molecule has 2 aliphatic rings. The minimum Gasteiger partial charge on any atom is -0.347 e. The predicted molar refractivity (Wildman–Crippen MR) is 95.8 cm³/mol. The Labute approximate surface area is 148 Å². The van der Waals surface area contributed by atoms with Crippen LogP contribution >= 0.6 is 11.3 Å². The average Bonchev–Trinajstić information content (AvgIpc) is 3.18. The lowest BCUT2D eigenvalue weighted by Crippen LogP contribution is -2.53.